The second-order valence-corrected chi connectivity index (χ2v) is 9.84. The third-order valence-electron chi connectivity index (χ3n) is 6.91. The van der Waals surface area contributed by atoms with Crippen molar-refractivity contribution in [3.8, 4) is 39.6 Å². The summed E-state index contributed by atoms with van der Waals surface area (Å²) in [6, 6.07) is 19.1. The number of rotatable bonds is 5. The van der Waals surface area contributed by atoms with Gasteiger partial charge < -0.3 is 4.74 Å². The van der Waals surface area contributed by atoms with E-state index in [2.05, 4.69) is 15.1 Å². The van der Waals surface area contributed by atoms with Gasteiger partial charge in [0.2, 0.25) is 0 Å². The molecule has 0 unspecified atom stereocenters. The third kappa shape index (κ3) is 5.96. The van der Waals surface area contributed by atoms with E-state index >= 15 is 0 Å². The topological polar surface area (TPSA) is 82.8 Å². The molecule has 45 heavy (non-hydrogen) atoms. The van der Waals surface area contributed by atoms with E-state index in [1.807, 2.05) is 0 Å². The monoisotopic (exact) mass is 619 g/mol. The predicted molar refractivity (Wildman–Crippen MR) is 152 cm³/mol. The fourth-order valence-corrected chi connectivity index (χ4v) is 4.72. The number of benzene rings is 4. The van der Waals surface area contributed by atoms with Crippen molar-refractivity contribution >= 4 is 17.0 Å². The van der Waals surface area contributed by atoms with E-state index in [9.17, 15) is 31.1 Å². The summed E-state index contributed by atoms with van der Waals surface area (Å²) < 4.78 is 86.8. The Morgan fingerprint density at radius 2 is 1.31 bits per heavy atom. The number of ether oxygens (including phenoxy) is 1. The molecule has 0 saturated carbocycles. The zero-order valence-corrected chi connectivity index (χ0v) is 23.1. The van der Waals surface area contributed by atoms with E-state index in [1.54, 1.807) is 54.9 Å². The molecule has 0 N–H and O–H groups in total. The van der Waals surface area contributed by atoms with Gasteiger partial charge in [-0.3, -0.25) is 9.97 Å². The lowest BCUT2D eigenvalue weighted by Crippen LogP contribution is -2.11. The number of fused-ring (bicyclic) bond motifs is 1. The standard InChI is InChI=1S/C32H19F6N5O2/c1-45-30(44)21-3-2-4-25(15-21)43-29(20-9-10-26-27(16-20)40-12-11-39-26)41-28(42-43)19-7-5-18(6-8-19)22-13-23(31(33,34)35)17-24(14-22)32(36,37)38/h2-17H,1H3. The van der Waals surface area contributed by atoms with Gasteiger partial charge >= 0.3 is 18.3 Å². The molecule has 0 amide bonds. The van der Waals surface area contributed by atoms with Crippen LogP contribution in [0.4, 0.5) is 26.3 Å². The summed E-state index contributed by atoms with van der Waals surface area (Å²) >= 11 is 0. The Balaban J connectivity index is 1.45. The van der Waals surface area contributed by atoms with E-state index < -0.39 is 29.4 Å². The van der Waals surface area contributed by atoms with E-state index in [0.29, 0.717) is 45.8 Å². The van der Waals surface area contributed by atoms with Crippen LogP contribution in [0, 0.1) is 0 Å². The van der Waals surface area contributed by atoms with Gasteiger partial charge in [-0.05, 0) is 65.7 Å². The summed E-state index contributed by atoms with van der Waals surface area (Å²) in [5, 5.41) is 4.65. The van der Waals surface area contributed by atoms with Gasteiger partial charge in [0.25, 0.3) is 0 Å². The summed E-state index contributed by atoms with van der Waals surface area (Å²) in [6.45, 7) is 0. The molecule has 0 atom stereocenters. The van der Waals surface area contributed by atoms with Crippen LogP contribution in [-0.2, 0) is 17.1 Å². The fourth-order valence-electron chi connectivity index (χ4n) is 4.72. The first-order valence-corrected chi connectivity index (χ1v) is 13.2. The molecule has 0 bridgehead atoms. The van der Waals surface area contributed by atoms with Crippen LogP contribution in [0.2, 0.25) is 0 Å². The van der Waals surface area contributed by atoms with Crippen LogP contribution in [0.3, 0.4) is 0 Å². The number of carbonyl (C=O) groups excluding carboxylic acids is 1. The molecule has 0 aliphatic heterocycles. The summed E-state index contributed by atoms with van der Waals surface area (Å²) in [7, 11) is 1.26. The van der Waals surface area contributed by atoms with Crippen molar-refractivity contribution in [3.63, 3.8) is 0 Å². The van der Waals surface area contributed by atoms with Crippen LogP contribution >= 0.6 is 0 Å². The maximum Gasteiger partial charge on any atom is 0.416 e. The van der Waals surface area contributed by atoms with Crippen molar-refractivity contribution in [2.45, 2.75) is 12.4 Å². The quantitative estimate of drug-likeness (QED) is 0.144. The average Bonchev–Trinajstić information content (AvgIpc) is 3.49. The van der Waals surface area contributed by atoms with Gasteiger partial charge in [0.05, 0.1) is 40.5 Å². The Morgan fingerprint density at radius 1 is 0.689 bits per heavy atom. The van der Waals surface area contributed by atoms with Gasteiger partial charge in [0, 0.05) is 23.5 Å². The molecule has 226 valence electrons. The molecule has 2 aromatic heterocycles. The molecule has 0 radical (unpaired) electrons. The van der Waals surface area contributed by atoms with Crippen molar-refractivity contribution in [2.24, 2.45) is 0 Å². The highest BCUT2D eigenvalue weighted by Crippen LogP contribution is 2.39. The van der Waals surface area contributed by atoms with Gasteiger partial charge in [-0.25, -0.2) is 14.5 Å². The number of hydrogen-bond donors (Lipinski definition) is 0. The van der Waals surface area contributed by atoms with E-state index in [0.717, 1.165) is 0 Å². The molecule has 7 nitrogen and oxygen atoms in total. The van der Waals surface area contributed by atoms with Gasteiger partial charge in [0.15, 0.2) is 11.6 Å². The Morgan fingerprint density at radius 3 is 1.96 bits per heavy atom. The number of nitrogens with zero attached hydrogens (tertiary/aromatic N) is 5. The number of carbonyl (C=O) groups is 1. The zero-order chi connectivity index (χ0) is 31.9. The number of aromatic nitrogens is 5. The largest absolute Gasteiger partial charge is 0.465 e. The number of halogens is 6. The summed E-state index contributed by atoms with van der Waals surface area (Å²) in [4.78, 5) is 25.6. The van der Waals surface area contributed by atoms with Gasteiger partial charge in [0.1, 0.15) is 0 Å². The van der Waals surface area contributed by atoms with Crippen molar-refractivity contribution in [3.05, 3.63) is 114 Å². The SMILES string of the molecule is COC(=O)c1cccc(-n2nc(-c3ccc(-c4cc(C(F)(F)F)cc(C(F)(F)F)c4)cc3)nc2-c2ccc3nccnc3c2)c1. The van der Waals surface area contributed by atoms with Gasteiger partial charge in [-0.15, -0.1) is 5.10 Å². The first-order valence-electron chi connectivity index (χ1n) is 13.2. The smallest absolute Gasteiger partial charge is 0.416 e. The molecular weight excluding hydrogens is 600 g/mol. The first-order chi connectivity index (χ1) is 21.4. The minimum Gasteiger partial charge on any atom is -0.465 e. The molecular formula is C32H19F6N5O2. The summed E-state index contributed by atoms with van der Waals surface area (Å²) in [5.74, 6) is 0.0224. The van der Waals surface area contributed by atoms with Crippen LogP contribution in [0.5, 0.6) is 0 Å². The van der Waals surface area contributed by atoms with Gasteiger partial charge in [-0.1, -0.05) is 30.3 Å². The van der Waals surface area contributed by atoms with Crippen LogP contribution in [-0.4, -0.2) is 37.8 Å². The zero-order valence-electron chi connectivity index (χ0n) is 23.1. The van der Waals surface area contributed by atoms with E-state index in [-0.39, 0.29) is 28.6 Å². The molecule has 0 aliphatic rings. The highest BCUT2D eigenvalue weighted by molar-refractivity contribution is 5.90. The lowest BCUT2D eigenvalue weighted by atomic mass is 9.98. The van der Waals surface area contributed by atoms with Crippen LogP contribution in [0.1, 0.15) is 21.5 Å². The van der Waals surface area contributed by atoms with Crippen molar-refractivity contribution in [1.82, 2.24) is 24.7 Å². The Kier molecular flexibility index (Phi) is 7.31. The maximum absolute atomic E-state index is 13.4. The van der Waals surface area contributed by atoms with E-state index in [4.69, 9.17) is 9.72 Å². The number of alkyl halides is 6. The van der Waals surface area contributed by atoms with E-state index in [1.165, 1.54) is 36.1 Å². The molecule has 0 aliphatic carbocycles. The molecule has 6 rings (SSSR count). The average molecular weight is 620 g/mol. The number of methoxy groups -OCH3 is 1. The summed E-state index contributed by atoms with van der Waals surface area (Å²) in [5.41, 5.74) is 0.117. The molecule has 0 fully saturated rings. The predicted octanol–water partition coefficient (Wildman–Crippen LogP) is 8.04. The second kappa shape index (κ2) is 11.2. The number of esters is 1. The molecule has 6 aromatic rings. The minimum atomic E-state index is -4.97. The fraction of sp³-hybridized carbons (Fsp3) is 0.0938. The first kappa shape index (κ1) is 29.5. The highest BCUT2D eigenvalue weighted by atomic mass is 19.4. The molecule has 0 saturated heterocycles. The van der Waals surface area contributed by atoms with Crippen molar-refractivity contribution in [1.29, 1.82) is 0 Å². The normalized spacial score (nSPS) is 12.0. The molecule has 2 heterocycles. The van der Waals surface area contributed by atoms with Crippen LogP contribution < -0.4 is 0 Å². The van der Waals surface area contributed by atoms with Gasteiger partial charge in [-0.2, -0.15) is 26.3 Å². The lowest BCUT2D eigenvalue weighted by Gasteiger charge is -2.14. The maximum atomic E-state index is 13.4. The van der Waals surface area contributed by atoms with Crippen molar-refractivity contribution in [2.75, 3.05) is 7.11 Å². The Labute approximate surface area is 250 Å². The second-order valence-electron chi connectivity index (χ2n) is 9.84. The molecule has 13 heteroatoms. The lowest BCUT2D eigenvalue weighted by molar-refractivity contribution is -0.143. The Hall–Kier alpha value is -5.59. The van der Waals surface area contributed by atoms with Crippen LogP contribution in [0.15, 0.2) is 97.3 Å². The highest BCUT2D eigenvalue weighted by Gasteiger charge is 2.37. The molecule has 0 spiro atoms. The summed E-state index contributed by atoms with van der Waals surface area (Å²) in [6.07, 6.45) is -6.83. The number of hydrogen-bond acceptors (Lipinski definition) is 6. The molecule has 4 aromatic carbocycles. The minimum absolute atomic E-state index is 0.0868. The van der Waals surface area contributed by atoms with Crippen molar-refractivity contribution < 1.29 is 35.9 Å². The van der Waals surface area contributed by atoms with Crippen LogP contribution in [0.25, 0.3) is 50.6 Å². The third-order valence-corrected chi connectivity index (χ3v) is 6.91. The Bertz CT molecular complexity index is 2020.